The van der Waals surface area contributed by atoms with Gasteiger partial charge in [0.15, 0.2) is 0 Å². The summed E-state index contributed by atoms with van der Waals surface area (Å²) in [7, 11) is 0. The van der Waals surface area contributed by atoms with Crippen LogP contribution in [0, 0.1) is 6.92 Å². The number of hydrogen-bond donors (Lipinski definition) is 1. The molecule has 0 saturated carbocycles. The van der Waals surface area contributed by atoms with Gasteiger partial charge in [-0.05, 0) is 31.2 Å². The predicted octanol–water partition coefficient (Wildman–Crippen LogP) is 3.67. The van der Waals surface area contributed by atoms with Crippen molar-refractivity contribution in [3.8, 4) is 0 Å². The maximum Gasteiger partial charge on any atom is 0.131 e. The standard InChI is InChI=1S/C15H13N3S/c1-10-13-4-2-3-5-14(13)15(18-17-10)19-12-8-6-11(16)7-9-12/h2-9H,16H2,1H3. The van der Waals surface area contributed by atoms with Gasteiger partial charge in [-0.25, -0.2) is 0 Å². The van der Waals surface area contributed by atoms with Gasteiger partial charge in [-0.3, -0.25) is 0 Å². The molecule has 0 aliphatic heterocycles. The number of nitrogens with two attached hydrogens (primary N) is 1. The second-order valence-corrected chi connectivity index (χ2v) is 5.37. The molecule has 0 amide bonds. The van der Waals surface area contributed by atoms with Crippen molar-refractivity contribution in [3.63, 3.8) is 0 Å². The minimum Gasteiger partial charge on any atom is -0.399 e. The van der Waals surface area contributed by atoms with Gasteiger partial charge >= 0.3 is 0 Å². The molecule has 1 aromatic heterocycles. The highest BCUT2D eigenvalue weighted by Crippen LogP contribution is 2.32. The van der Waals surface area contributed by atoms with E-state index in [-0.39, 0.29) is 0 Å². The molecule has 3 nitrogen and oxygen atoms in total. The lowest BCUT2D eigenvalue weighted by Crippen LogP contribution is -1.92. The number of hydrogen-bond acceptors (Lipinski definition) is 4. The Bertz CT molecular complexity index is 723. The third-order valence-corrected chi connectivity index (χ3v) is 3.94. The molecule has 3 aromatic rings. The van der Waals surface area contributed by atoms with E-state index in [1.807, 2.05) is 43.3 Å². The van der Waals surface area contributed by atoms with Crippen molar-refractivity contribution in [2.75, 3.05) is 5.73 Å². The van der Waals surface area contributed by atoms with Crippen LogP contribution in [0.5, 0.6) is 0 Å². The molecule has 94 valence electrons. The van der Waals surface area contributed by atoms with Gasteiger partial charge in [-0.1, -0.05) is 36.0 Å². The summed E-state index contributed by atoms with van der Waals surface area (Å²) < 4.78 is 0. The summed E-state index contributed by atoms with van der Waals surface area (Å²) >= 11 is 1.61. The molecule has 4 heteroatoms. The number of anilines is 1. The van der Waals surface area contributed by atoms with Crippen LogP contribution >= 0.6 is 11.8 Å². The summed E-state index contributed by atoms with van der Waals surface area (Å²) in [5.41, 5.74) is 7.42. The molecule has 0 radical (unpaired) electrons. The van der Waals surface area contributed by atoms with Crippen molar-refractivity contribution < 1.29 is 0 Å². The topological polar surface area (TPSA) is 51.8 Å². The summed E-state index contributed by atoms with van der Waals surface area (Å²) in [6, 6.07) is 16.0. The van der Waals surface area contributed by atoms with Gasteiger partial charge in [0.25, 0.3) is 0 Å². The van der Waals surface area contributed by atoms with Gasteiger partial charge in [0.05, 0.1) is 5.69 Å². The second-order valence-electron chi connectivity index (χ2n) is 4.31. The second kappa shape index (κ2) is 4.90. The van der Waals surface area contributed by atoms with E-state index in [2.05, 4.69) is 22.3 Å². The van der Waals surface area contributed by atoms with Crippen LogP contribution in [0.1, 0.15) is 5.69 Å². The fourth-order valence-corrected chi connectivity index (χ4v) is 2.80. The van der Waals surface area contributed by atoms with E-state index in [9.17, 15) is 0 Å². The molecule has 0 aliphatic carbocycles. The first kappa shape index (κ1) is 12.0. The summed E-state index contributed by atoms with van der Waals surface area (Å²) in [6.45, 7) is 1.98. The molecule has 0 aliphatic rings. The molecule has 1 heterocycles. The highest BCUT2D eigenvalue weighted by atomic mass is 32.2. The molecule has 0 atom stereocenters. The van der Waals surface area contributed by atoms with Crippen molar-refractivity contribution >= 4 is 28.2 Å². The van der Waals surface area contributed by atoms with Crippen molar-refractivity contribution in [2.45, 2.75) is 16.8 Å². The van der Waals surface area contributed by atoms with Crippen LogP contribution in [0.2, 0.25) is 0 Å². The third-order valence-electron chi connectivity index (χ3n) is 2.93. The van der Waals surface area contributed by atoms with E-state index < -0.39 is 0 Å². The van der Waals surface area contributed by atoms with E-state index in [1.165, 1.54) is 0 Å². The molecule has 2 N–H and O–H groups in total. The Hall–Kier alpha value is -2.07. The largest absolute Gasteiger partial charge is 0.399 e. The predicted molar refractivity (Wildman–Crippen MR) is 79.3 cm³/mol. The number of aryl methyl sites for hydroxylation is 1. The van der Waals surface area contributed by atoms with Crippen molar-refractivity contribution in [1.82, 2.24) is 10.2 Å². The fourth-order valence-electron chi connectivity index (χ4n) is 1.94. The Morgan fingerprint density at radius 3 is 2.32 bits per heavy atom. The summed E-state index contributed by atoms with van der Waals surface area (Å²) in [5, 5.41) is 11.7. The zero-order valence-corrected chi connectivity index (χ0v) is 11.3. The van der Waals surface area contributed by atoms with Crippen molar-refractivity contribution in [1.29, 1.82) is 0 Å². The molecule has 3 rings (SSSR count). The zero-order chi connectivity index (χ0) is 13.2. The highest BCUT2D eigenvalue weighted by Gasteiger charge is 2.07. The molecule has 19 heavy (non-hydrogen) atoms. The van der Waals surface area contributed by atoms with Gasteiger partial charge in [-0.2, -0.15) is 5.10 Å². The Morgan fingerprint density at radius 2 is 1.58 bits per heavy atom. The SMILES string of the molecule is Cc1nnc(Sc2ccc(N)cc2)c2ccccc12. The Kier molecular flexibility index (Phi) is 3.09. The highest BCUT2D eigenvalue weighted by molar-refractivity contribution is 7.99. The molecule has 0 spiro atoms. The van der Waals surface area contributed by atoms with E-state index in [1.54, 1.807) is 11.8 Å². The summed E-state index contributed by atoms with van der Waals surface area (Å²) in [5.74, 6) is 0. The molecular weight excluding hydrogens is 254 g/mol. The Labute approximate surface area is 115 Å². The summed E-state index contributed by atoms with van der Waals surface area (Å²) in [4.78, 5) is 1.11. The van der Waals surface area contributed by atoms with Crippen LogP contribution in [0.25, 0.3) is 10.8 Å². The maximum absolute atomic E-state index is 5.69. The number of aromatic nitrogens is 2. The average Bonchev–Trinajstić information content (AvgIpc) is 2.45. The van der Waals surface area contributed by atoms with Gasteiger partial charge in [0.2, 0.25) is 0 Å². The van der Waals surface area contributed by atoms with Gasteiger partial charge in [0.1, 0.15) is 5.03 Å². The number of nitrogens with zero attached hydrogens (tertiary/aromatic N) is 2. The minimum atomic E-state index is 0.768. The number of rotatable bonds is 2. The van der Waals surface area contributed by atoms with Crippen molar-refractivity contribution in [3.05, 3.63) is 54.2 Å². The van der Waals surface area contributed by atoms with Gasteiger partial charge in [-0.15, -0.1) is 5.10 Å². The summed E-state index contributed by atoms with van der Waals surface area (Å²) in [6.07, 6.45) is 0. The zero-order valence-electron chi connectivity index (χ0n) is 10.5. The van der Waals surface area contributed by atoms with Crippen LogP contribution in [-0.4, -0.2) is 10.2 Å². The molecule has 0 saturated heterocycles. The lowest BCUT2D eigenvalue weighted by Gasteiger charge is -2.06. The van der Waals surface area contributed by atoms with E-state index in [4.69, 9.17) is 5.73 Å². The smallest absolute Gasteiger partial charge is 0.131 e. The maximum atomic E-state index is 5.69. The van der Waals surface area contributed by atoms with E-state index in [0.29, 0.717) is 0 Å². The van der Waals surface area contributed by atoms with E-state index >= 15 is 0 Å². The lowest BCUT2D eigenvalue weighted by atomic mass is 10.1. The van der Waals surface area contributed by atoms with Crippen LogP contribution < -0.4 is 5.73 Å². The Morgan fingerprint density at radius 1 is 0.895 bits per heavy atom. The first-order valence-corrected chi connectivity index (χ1v) is 6.81. The van der Waals surface area contributed by atoms with Crippen LogP contribution in [0.15, 0.2) is 58.5 Å². The minimum absolute atomic E-state index is 0.768. The van der Waals surface area contributed by atoms with Gasteiger partial charge in [0, 0.05) is 21.4 Å². The number of benzene rings is 2. The van der Waals surface area contributed by atoms with E-state index in [0.717, 1.165) is 32.1 Å². The number of nitrogen functional groups attached to an aromatic ring is 1. The first-order chi connectivity index (χ1) is 9.24. The quantitative estimate of drug-likeness (QED) is 0.720. The van der Waals surface area contributed by atoms with Crippen LogP contribution in [0.3, 0.4) is 0 Å². The molecule has 2 aromatic carbocycles. The number of fused-ring (bicyclic) bond motifs is 1. The van der Waals surface area contributed by atoms with Crippen LogP contribution in [-0.2, 0) is 0 Å². The molecule has 0 bridgehead atoms. The molecule has 0 fully saturated rings. The average molecular weight is 267 g/mol. The lowest BCUT2D eigenvalue weighted by molar-refractivity contribution is 0.923. The monoisotopic (exact) mass is 267 g/mol. The first-order valence-electron chi connectivity index (χ1n) is 5.99. The fraction of sp³-hybridized carbons (Fsp3) is 0.0667. The molecular formula is C15H13N3S. The molecule has 0 unspecified atom stereocenters. The van der Waals surface area contributed by atoms with Crippen molar-refractivity contribution in [2.24, 2.45) is 0 Å². The normalized spacial score (nSPS) is 10.8. The van der Waals surface area contributed by atoms with Gasteiger partial charge < -0.3 is 5.73 Å². The third kappa shape index (κ3) is 2.39. The Balaban J connectivity index is 2.06. The van der Waals surface area contributed by atoms with Crippen LogP contribution in [0.4, 0.5) is 5.69 Å².